The molecule has 7 heteroatoms. The Bertz CT molecular complexity index is 902. The van der Waals surface area contributed by atoms with E-state index in [1.165, 1.54) is 0 Å². The number of carbonyl (C=O) groups excluding carboxylic acids is 2. The maximum atomic E-state index is 12.4. The van der Waals surface area contributed by atoms with E-state index in [-0.39, 0.29) is 31.1 Å². The second-order valence-electron chi connectivity index (χ2n) is 7.08. The van der Waals surface area contributed by atoms with E-state index in [4.69, 9.17) is 9.15 Å². The summed E-state index contributed by atoms with van der Waals surface area (Å²) in [5.74, 6) is -1.09. The van der Waals surface area contributed by atoms with E-state index < -0.39 is 5.97 Å². The smallest absolute Gasteiger partial charge is 0.339 e. The Morgan fingerprint density at radius 3 is 2.69 bits per heavy atom. The lowest BCUT2D eigenvalue weighted by Crippen LogP contribution is -2.31. The number of carbonyl (C=O) groups is 2. The number of unbranched alkanes of at least 4 members (excludes halogenated alkanes) is 3. The van der Waals surface area contributed by atoms with Gasteiger partial charge in [0, 0.05) is 29.5 Å². The zero-order valence-electron chi connectivity index (χ0n) is 17.0. The molecule has 158 valence electrons. The van der Waals surface area contributed by atoms with E-state index in [0.29, 0.717) is 24.2 Å². The van der Waals surface area contributed by atoms with Crippen molar-refractivity contribution in [1.82, 2.24) is 5.32 Å². The number of benzene rings is 1. The summed E-state index contributed by atoms with van der Waals surface area (Å²) in [7, 11) is 0. The van der Waals surface area contributed by atoms with Crippen LogP contribution in [0.1, 0.15) is 56.6 Å². The lowest BCUT2D eigenvalue weighted by molar-refractivity contribution is -0.305. The van der Waals surface area contributed by atoms with Crippen LogP contribution in [0.4, 0.5) is 0 Å². The topological polar surface area (TPSA) is 109 Å². The number of aryl methyl sites for hydroxylation is 1. The molecule has 0 aliphatic carbocycles. The van der Waals surface area contributed by atoms with E-state index in [0.717, 1.165) is 42.2 Å². The molecule has 0 unspecified atom stereocenters. The third-order valence-corrected chi connectivity index (χ3v) is 4.79. The second-order valence-corrected chi connectivity index (χ2v) is 7.08. The van der Waals surface area contributed by atoms with Gasteiger partial charge in [-0.1, -0.05) is 26.2 Å². The molecule has 0 aliphatic rings. The number of carboxylic acids is 1. The van der Waals surface area contributed by atoms with Gasteiger partial charge in [0.2, 0.25) is 0 Å². The van der Waals surface area contributed by atoms with Gasteiger partial charge in [-0.3, -0.25) is 4.79 Å². The Labute approximate surface area is 170 Å². The number of rotatable bonds is 12. The third kappa shape index (κ3) is 6.93. The van der Waals surface area contributed by atoms with Crippen molar-refractivity contribution in [2.45, 2.75) is 58.8 Å². The summed E-state index contributed by atoms with van der Waals surface area (Å²) >= 11 is 0. The van der Waals surface area contributed by atoms with E-state index >= 15 is 0 Å². The summed E-state index contributed by atoms with van der Waals surface area (Å²) in [4.78, 5) is 34.5. The molecule has 0 bridgehead atoms. The lowest BCUT2D eigenvalue weighted by atomic mass is 10.0. The van der Waals surface area contributed by atoms with Crippen LogP contribution >= 0.6 is 0 Å². The van der Waals surface area contributed by atoms with Crippen LogP contribution in [0.25, 0.3) is 11.0 Å². The van der Waals surface area contributed by atoms with Gasteiger partial charge in [-0.15, -0.1) is 0 Å². The first-order valence-corrected chi connectivity index (χ1v) is 10.1. The Morgan fingerprint density at radius 1 is 1.17 bits per heavy atom. The zero-order valence-corrected chi connectivity index (χ0v) is 17.0. The van der Waals surface area contributed by atoms with Gasteiger partial charge >= 0.3 is 5.63 Å². The summed E-state index contributed by atoms with van der Waals surface area (Å²) in [5, 5.41) is 13.8. The molecule has 1 N–H and O–H groups in total. The Balaban J connectivity index is 1.98. The monoisotopic (exact) mass is 402 g/mol. The van der Waals surface area contributed by atoms with E-state index in [9.17, 15) is 19.5 Å². The molecule has 2 rings (SSSR count). The maximum Gasteiger partial charge on any atom is 0.339 e. The summed E-state index contributed by atoms with van der Waals surface area (Å²) in [6.07, 6.45) is 5.26. The molecule has 1 amide bonds. The molecule has 1 aromatic heterocycles. The normalized spacial score (nSPS) is 10.8. The average molecular weight is 402 g/mol. The second kappa shape index (κ2) is 11.2. The average Bonchev–Trinajstić information content (AvgIpc) is 2.68. The molecule has 0 saturated carbocycles. The highest BCUT2D eigenvalue weighted by molar-refractivity contribution is 5.82. The largest absolute Gasteiger partial charge is 0.550 e. The predicted octanol–water partition coefficient (Wildman–Crippen LogP) is 2.25. The lowest BCUT2D eigenvalue weighted by Gasteiger charge is -2.10. The van der Waals surface area contributed by atoms with Gasteiger partial charge in [0.25, 0.3) is 5.91 Å². The van der Waals surface area contributed by atoms with Gasteiger partial charge in [0.1, 0.15) is 11.3 Å². The minimum atomic E-state index is -1.15. The predicted molar refractivity (Wildman–Crippen MR) is 108 cm³/mol. The summed E-state index contributed by atoms with van der Waals surface area (Å²) in [6, 6.07) is 5.17. The number of amides is 1. The molecule has 7 nitrogen and oxygen atoms in total. The first kappa shape index (κ1) is 22.5. The third-order valence-electron chi connectivity index (χ3n) is 4.79. The number of fused-ring (bicyclic) bond motifs is 1. The molecule has 0 radical (unpaired) electrons. The molecular weight excluding hydrogens is 374 g/mol. The molecule has 0 aliphatic heterocycles. The minimum Gasteiger partial charge on any atom is -0.550 e. The van der Waals surface area contributed by atoms with Crippen molar-refractivity contribution >= 4 is 22.8 Å². The number of carboxylic acid groups (broad SMARTS) is 1. The number of hydrogen-bond donors (Lipinski definition) is 1. The fourth-order valence-electron chi connectivity index (χ4n) is 3.14. The van der Waals surface area contributed by atoms with Crippen LogP contribution in [0.2, 0.25) is 0 Å². The van der Waals surface area contributed by atoms with Crippen molar-refractivity contribution in [1.29, 1.82) is 0 Å². The van der Waals surface area contributed by atoms with Crippen molar-refractivity contribution in [3.8, 4) is 5.75 Å². The summed E-state index contributed by atoms with van der Waals surface area (Å²) in [6.45, 7) is 4.10. The zero-order chi connectivity index (χ0) is 21.2. The molecular formula is C22H28NO6-. The van der Waals surface area contributed by atoms with Crippen LogP contribution in [0, 0.1) is 6.92 Å². The van der Waals surface area contributed by atoms with Crippen LogP contribution < -0.4 is 20.8 Å². The van der Waals surface area contributed by atoms with Gasteiger partial charge in [-0.05, 0) is 50.3 Å². The maximum absolute atomic E-state index is 12.4. The molecule has 0 saturated heterocycles. The summed E-state index contributed by atoms with van der Waals surface area (Å²) < 4.78 is 10.9. The highest BCUT2D eigenvalue weighted by Gasteiger charge is 2.12. The molecule has 1 heterocycles. The number of hydrogen-bond acceptors (Lipinski definition) is 6. The molecule has 2 aromatic rings. The summed E-state index contributed by atoms with van der Waals surface area (Å²) in [5.41, 5.74) is 1.74. The molecule has 0 atom stereocenters. The highest BCUT2D eigenvalue weighted by Crippen LogP contribution is 2.25. The van der Waals surface area contributed by atoms with Crippen LogP contribution in [0.3, 0.4) is 0 Å². The SMILES string of the molecule is CCCCCCc1c(C)c2ccc(OCC(=O)NCCCC(=O)[O-])cc2oc1=O. The van der Waals surface area contributed by atoms with Gasteiger partial charge in [0.15, 0.2) is 6.61 Å². The quantitative estimate of drug-likeness (QED) is 0.431. The van der Waals surface area contributed by atoms with Gasteiger partial charge < -0.3 is 24.4 Å². The van der Waals surface area contributed by atoms with Crippen molar-refractivity contribution in [3.05, 3.63) is 39.7 Å². The van der Waals surface area contributed by atoms with E-state index in [1.807, 2.05) is 13.0 Å². The van der Waals surface area contributed by atoms with Crippen molar-refractivity contribution in [2.75, 3.05) is 13.2 Å². The molecule has 0 fully saturated rings. The highest BCUT2D eigenvalue weighted by atomic mass is 16.5. The number of aliphatic carboxylic acids is 1. The van der Waals surface area contributed by atoms with Crippen LogP contribution in [-0.4, -0.2) is 25.0 Å². The Hall–Kier alpha value is -2.83. The van der Waals surface area contributed by atoms with Crippen LogP contribution in [0.5, 0.6) is 5.75 Å². The Kier molecular flexibility index (Phi) is 8.70. The Morgan fingerprint density at radius 2 is 1.97 bits per heavy atom. The number of ether oxygens (including phenoxy) is 1. The van der Waals surface area contributed by atoms with Crippen molar-refractivity contribution in [3.63, 3.8) is 0 Å². The van der Waals surface area contributed by atoms with Crippen molar-refractivity contribution in [2.24, 2.45) is 0 Å². The van der Waals surface area contributed by atoms with Crippen LogP contribution in [0.15, 0.2) is 27.4 Å². The van der Waals surface area contributed by atoms with Gasteiger partial charge in [-0.2, -0.15) is 0 Å². The van der Waals surface area contributed by atoms with Crippen LogP contribution in [-0.2, 0) is 16.0 Å². The minimum absolute atomic E-state index is 0.106. The van der Waals surface area contributed by atoms with Gasteiger partial charge in [0.05, 0.1) is 0 Å². The van der Waals surface area contributed by atoms with E-state index in [1.54, 1.807) is 12.1 Å². The number of nitrogens with one attached hydrogen (secondary N) is 1. The first-order valence-electron chi connectivity index (χ1n) is 10.1. The molecule has 29 heavy (non-hydrogen) atoms. The molecule has 1 aromatic carbocycles. The standard InChI is InChI=1S/C22H29NO6/c1-3-4-5-6-8-18-15(2)17-11-10-16(13-19(17)29-22(18)27)28-14-20(24)23-12-7-9-21(25)26/h10-11,13H,3-9,12,14H2,1-2H3,(H,23,24)(H,25,26)/p-1. The van der Waals surface area contributed by atoms with Crippen molar-refractivity contribution < 1.29 is 23.8 Å². The fraction of sp³-hybridized carbons (Fsp3) is 0.500. The fourth-order valence-corrected chi connectivity index (χ4v) is 3.14. The van der Waals surface area contributed by atoms with E-state index in [2.05, 4.69) is 12.2 Å². The van der Waals surface area contributed by atoms with Gasteiger partial charge in [-0.25, -0.2) is 4.79 Å². The first-order chi connectivity index (χ1) is 13.9. The molecule has 0 spiro atoms.